The molecular weight excluding hydrogens is 377 g/mol. The highest BCUT2D eigenvalue weighted by Gasteiger charge is 2.38. The maximum absolute atomic E-state index is 12.8. The molecule has 1 atom stereocenters. The molecule has 0 bridgehead atoms. The van der Waals surface area contributed by atoms with E-state index in [0.717, 1.165) is 10.6 Å². The first kappa shape index (κ1) is 20.6. The van der Waals surface area contributed by atoms with Gasteiger partial charge < -0.3 is 4.74 Å². The van der Waals surface area contributed by atoms with Crippen LogP contribution in [-0.2, 0) is 26.6 Å². The van der Waals surface area contributed by atoms with Crippen molar-refractivity contribution >= 4 is 21.7 Å². The highest BCUT2D eigenvalue weighted by Crippen LogP contribution is 2.24. The van der Waals surface area contributed by atoms with Crippen LogP contribution in [0, 0.1) is 0 Å². The third kappa shape index (κ3) is 5.17. The number of hydrogen-bond acceptors (Lipinski definition) is 5. The molecule has 12 heteroatoms. The van der Waals surface area contributed by atoms with Crippen molar-refractivity contribution in [3.63, 3.8) is 0 Å². The number of alkyl halides is 3. The normalized spacial score (nSPS) is 19.4. The second kappa shape index (κ2) is 7.92. The number of nitrogens with zero attached hydrogens (tertiary/aromatic N) is 4. The van der Waals surface area contributed by atoms with Crippen LogP contribution in [0.3, 0.4) is 0 Å². The van der Waals surface area contributed by atoms with E-state index < -0.39 is 41.4 Å². The fourth-order valence-corrected chi connectivity index (χ4v) is 3.94. The Morgan fingerprint density at radius 3 is 2.65 bits per heavy atom. The number of halogens is 3. The number of amides is 1. The molecule has 0 spiro atoms. The van der Waals surface area contributed by atoms with E-state index in [9.17, 15) is 26.4 Å². The van der Waals surface area contributed by atoms with Gasteiger partial charge in [-0.3, -0.25) is 14.4 Å². The molecule has 1 aromatic rings. The number of aromatic nitrogens is 2. The number of anilines is 1. The first-order valence-corrected chi connectivity index (χ1v) is 9.76. The van der Waals surface area contributed by atoms with E-state index in [1.165, 1.54) is 15.8 Å². The molecule has 0 aromatic carbocycles. The molecule has 0 aliphatic carbocycles. The summed E-state index contributed by atoms with van der Waals surface area (Å²) in [5, 5.41) is 3.99. The predicted octanol–water partition coefficient (Wildman–Crippen LogP) is 0.756. The van der Waals surface area contributed by atoms with Crippen molar-refractivity contribution in [2.75, 3.05) is 37.5 Å². The average Bonchev–Trinajstić information content (AvgIpc) is 2.92. The van der Waals surface area contributed by atoms with Crippen LogP contribution >= 0.6 is 0 Å². The van der Waals surface area contributed by atoms with Crippen LogP contribution in [0.25, 0.3) is 0 Å². The molecule has 8 nitrogen and oxygen atoms in total. The summed E-state index contributed by atoms with van der Waals surface area (Å²) in [5.41, 5.74) is 0. The molecule has 1 amide bonds. The second-order valence-electron chi connectivity index (χ2n) is 6.00. The van der Waals surface area contributed by atoms with Gasteiger partial charge in [0, 0.05) is 26.2 Å². The van der Waals surface area contributed by atoms with Crippen LogP contribution in [0.15, 0.2) is 12.3 Å². The molecule has 0 radical (unpaired) electrons. The maximum atomic E-state index is 12.8. The third-order valence-corrected chi connectivity index (χ3v) is 5.27. The Kier molecular flexibility index (Phi) is 6.29. The lowest BCUT2D eigenvalue weighted by atomic mass is 10.0. The Balaban J connectivity index is 2.12. The molecule has 1 aliphatic heterocycles. The third-order valence-electron chi connectivity index (χ3n) is 3.98. The van der Waals surface area contributed by atoms with E-state index in [-0.39, 0.29) is 6.54 Å². The molecule has 26 heavy (non-hydrogen) atoms. The van der Waals surface area contributed by atoms with Gasteiger partial charge in [-0.15, -0.1) is 0 Å². The van der Waals surface area contributed by atoms with Crippen molar-refractivity contribution in [1.82, 2.24) is 14.1 Å². The molecule has 0 saturated carbocycles. The maximum Gasteiger partial charge on any atom is 0.411 e. The standard InChI is InChI=1S/C14H21F3N4O4S/c1-19-12(5-6-18-19)20-7-3-4-11(13(20)22)21(26(2,23)24)8-9-25-10-14(15,16)17/h5-6,11H,3-4,7-10H2,1-2H3. The Labute approximate surface area is 149 Å². The van der Waals surface area contributed by atoms with E-state index in [4.69, 9.17) is 0 Å². The minimum atomic E-state index is -4.49. The topological polar surface area (TPSA) is 84.7 Å². The van der Waals surface area contributed by atoms with E-state index in [1.54, 1.807) is 13.1 Å². The Morgan fingerprint density at radius 1 is 1.42 bits per heavy atom. The van der Waals surface area contributed by atoms with Gasteiger partial charge in [0.05, 0.1) is 19.1 Å². The Bertz CT molecular complexity index is 735. The van der Waals surface area contributed by atoms with Gasteiger partial charge in [-0.05, 0) is 12.8 Å². The number of hydrogen-bond donors (Lipinski definition) is 0. The molecule has 1 aromatic heterocycles. The number of carbonyl (C=O) groups excluding carboxylic acids is 1. The van der Waals surface area contributed by atoms with Crippen molar-refractivity contribution in [2.45, 2.75) is 25.1 Å². The van der Waals surface area contributed by atoms with Crippen molar-refractivity contribution in [3.05, 3.63) is 12.3 Å². The van der Waals surface area contributed by atoms with E-state index >= 15 is 0 Å². The van der Waals surface area contributed by atoms with Gasteiger partial charge >= 0.3 is 6.18 Å². The number of piperidine rings is 1. The zero-order valence-electron chi connectivity index (χ0n) is 14.4. The van der Waals surface area contributed by atoms with Crippen molar-refractivity contribution < 1.29 is 31.1 Å². The first-order chi connectivity index (χ1) is 12.0. The zero-order chi connectivity index (χ0) is 19.5. The molecule has 2 heterocycles. The molecule has 1 fully saturated rings. The molecule has 1 saturated heterocycles. The Morgan fingerprint density at radius 2 is 2.12 bits per heavy atom. The van der Waals surface area contributed by atoms with Gasteiger partial charge in [0.25, 0.3) is 0 Å². The van der Waals surface area contributed by atoms with E-state index in [2.05, 4.69) is 9.84 Å². The van der Waals surface area contributed by atoms with E-state index in [0.29, 0.717) is 25.2 Å². The molecular formula is C14H21F3N4O4S. The molecule has 2 rings (SSSR count). The zero-order valence-corrected chi connectivity index (χ0v) is 15.3. The second-order valence-corrected chi connectivity index (χ2v) is 7.94. The molecule has 0 N–H and O–H groups in total. The molecule has 1 unspecified atom stereocenters. The van der Waals surface area contributed by atoms with Crippen molar-refractivity contribution in [2.24, 2.45) is 7.05 Å². The van der Waals surface area contributed by atoms with Crippen LogP contribution in [0.2, 0.25) is 0 Å². The van der Waals surface area contributed by atoms with Crippen molar-refractivity contribution in [3.8, 4) is 0 Å². The first-order valence-electron chi connectivity index (χ1n) is 7.91. The number of aryl methyl sites for hydroxylation is 1. The van der Waals surface area contributed by atoms with Gasteiger partial charge in [0.1, 0.15) is 18.5 Å². The minimum Gasteiger partial charge on any atom is -0.371 e. The summed E-state index contributed by atoms with van der Waals surface area (Å²) in [5.74, 6) is 0.0996. The fraction of sp³-hybridized carbons (Fsp3) is 0.714. The average molecular weight is 398 g/mol. The predicted molar refractivity (Wildman–Crippen MR) is 87.0 cm³/mol. The summed E-state index contributed by atoms with van der Waals surface area (Å²) in [6, 6.07) is 0.653. The number of ether oxygens (including phenoxy) is 1. The SMILES string of the molecule is Cn1nccc1N1CCCC(N(CCOCC(F)(F)F)S(C)(=O)=O)C1=O. The summed E-state index contributed by atoms with van der Waals surface area (Å²) in [6.07, 6.45) is -1.21. The Hall–Kier alpha value is -1.66. The lowest BCUT2D eigenvalue weighted by molar-refractivity contribution is -0.174. The van der Waals surface area contributed by atoms with Crippen LogP contribution in [-0.4, -0.2) is 73.2 Å². The van der Waals surface area contributed by atoms with Gasteiger partial charge in [0.2, 0.25) is 15.9 Å². The van der Waals surface area contributed by atoms with Gasteiger partial charge in [-0.2, -0.15) is 22.6 Å². The molecule has 148 valence electrons. The quantitative estimate of drug-likeness (QED) is 0.633. The van der Waals surface area contributed by atoms with Gasteiger partial charge in [-0.25, -0.2) is 8.42 Å². The largest absolute Gasteiger partial charge is 0.411 e. The summed E-state index contributed by atoms with van der Waals surface area (Å²) in [7, 11) is -2.16. The minimum absolute atomic E-state index is 0.291. The van der Waals surface area contributed by atoms with Crippen molar-refractivity contribution in [1.29, 1.82) is 0 Å². The smallest absolute Gasteiger partial charge is 0.371 e. The van der Waals surface area contributed by atoms with Crippen LogP contribution in [0.4, 0.5) is 19.0 Å². The van der Waals surface area contributed by atoms with Crippen LogP contribution in [0.5, 0.6) is 0 Å². The van der Waals surface area contributed by atoms with Gasteiger partial charge in [0.15, 0.2) is 0 Å². The van der Waals surface area contributed by atoms with Crippen LogP contribution < -0.4 is 4.90 Å². The lowest BCUT2D eigenvalue weighted by Gasteiger charge is -2.37. The summed E-state index contributed by atoms with van der Waals surface area (Å²) < 4.78 is 67.5. The van der Waals surface area contributed by atoms with Gasteiger partial charge in [-0.1, -0.05) is 0 Å². The molecule has 1 aliphatic rings. The highest BCUT2D eigenvalue weighted by molar-refractivity contribution is 7.88. The summed E-state index contributed by atoms with van der Waals surface area (Å²) in [6.45, 7) is -1.84. The monoisotopic (exact) mass is 398 g/mol. The number of carbonyl (C=O) groups is 1. The summed E-state index contributed by atoms with van der Waals surface area (Å²) in [4.78, 5) is 14.3. The fourth-order valence-electron chi connectivity index (χ4n) is 2.88. The summed E-state index contributed by atoms with van der Waals surface area (Å²) >= 11 is 0. The van der Waals surface area contributed by atoms with Crippen LogP contribution in [0.1, 0.15) is 12.8 Å². The highest BCUT2D eigenvalue weighted by atomic mass is 32.2. The van der Waals surface area contributed by atoms with E-state index in [1.807, 2.05) is 0 Å². The number of sulfonamides is 1. The number of rotatable bonds is 7. The lowest BCUT2D eigenvalue weighted by Crippen LogP contribution is -2.55.